The van der Waals surface area contributed by atoms with Crippen LogP contribution in [0.1, 0.15) is 44.6 Å². The van der Waals surface area contributed by atoms with Gasteiger partial charge in [0.05, 0.1) is 0 Å². The van der Waals surface area contributed by atoms with E-state index >= 15 is 0 Å². The van der Waals surface area contributed by atoms with Crippen molar-refractivity contribution in [2.75, 3.05) is 13.1 Å². The fourth-order valence-electron chi connectivity index (χ4n) is 3.39. The Morgan fingerprint density at radius 2 is 2.00 bits per heavy atom. The molecule has 2 nitrogen and oxygen atoms in total. The van der Waals surface area contributed by atoms with E-state index in [1.165, 1.54) is 18.2 Å². The molecule has 0 N–H and O–H groups in total. The predicted molar refractivity (Wildman–Crippen MR) is 81.3 cm³/mol. The highest BCUT2D eigenvalue weighted by atomic mass is 19.1. The average Bonchev–Trinajstić information content (AvgIpc) is 3.25. The number of amides is 1. The molecule has 4 heteroatoms. The fraction of sp³-hybridized carbons (Fsp3) is 0.611. The van der Waals surface area contributed by atoms with Crippen LogP contribution in [0, 0.1) is 23.0 Å². The molecule has 3 rings (SSSR count). The molecule has 1 saturated heterocycles. The monoisotopic (exact) mass is 307 g/mol. The lowest BCUT2D eigenvalue weighted by atomic mass is 9.90. The molecule has 1 saturated carbocycles. The molecule has 2 fully saturated rings. The predicted octanol–water partition coefficient (Wildman–Crippen LogP) is 3.94. The summed E-state index contributed by atoms with van der Waals surface area (Å²) in [6.45, 7) is 3.61. The number of hydrogen-bond acceptors (Lipinski definition) is 1. The minimum Gasteiger partial charge on any atom is -0.342 e. The molecule has 1 atom stereocenters. The van der Waals surface area contributed by atoms with Crippen LogP contribution in [0.25, 0.3) is 0 Å². The quantitative estimate of drug-likeness (QED) is 0.825. The maximum atomic E-state index is 13.7. The Labute approximate surface area is 130 Å². The second kappa shape index (κ2) is 5.98. The zero-order valence-electron chi connectivity index (χ0n) is 13.1. The summed E-state index contributed by atoms with van der Waals surface area (Å²) in [5, 5.41) is 0. The first-order chi connectivity index (χ1) is 10.5. The summed E-state index contributed by atoms with van der Waals surface area (Å²) in [6, 6.07) is 4.01. The van der Waals surface area contributed by atoms with Crippen molar-refractivity contribution in [3.63, 3.8) is 0 Å². The maximum absolute atomic E-state index is 13.7. The number of hydrogen-bond donors (Lipinski definition) is 0. The normalized spacial score (nSPS) is 23.4. The third-order valence-electron chi connectivity index (χ3n) is 5.19. The number of likely N-dealkylation sites (tertiary alicyclic amines) is 1. The van der Waals surface area contributed by atoms with Crippen molar-refractivity contribution < 1.29 is 13.6 Å². The van der Waals surface area contributed by atoms with E-state index in [-0.39, 0.29) is 16.9 Å². The van der Waals surface area contributed by atoms with Gasteiger partial charge in [-0.15, -0.1) is 0 Å². The van der Waals surface area contributed by atoms with Gasteiger partial charge in [0.15, 0.2) is 0 Å². The summed E-state index contributed by atoms with van der Waals surface area (Å²) in [4.78, 5) is 14.4. The molecule has 0 spiro atoms. The Bertz CT molecular complexity index is 548. The van der Waals surface area contributed by atoms with Gasteiger partial charge in [0.25, 0.3) is 0 Å². The van der Waals surface area contributed by atoms with Gasteiger partial charge in [-0.25, -0.2) is 8.78 Å². The standard InChI is InChI=1S/C18H23F2NO/c1-18(9-10-18)17(22)21-11-3-4-13(12-21)7-8-14-15(19)5-2-6-16(14)20/h2,5-6,13H,3-4,7-12H2,1H3/t13-/m0/s1. The lowest BCUT2D eigenvalue weighted by Gasteiger charge is -2.34. The molecule has 1 heterocycles. The Hall–Kier alpha value is -1.45. The van der Waals surface area contributed by atoms with Crippen LogP contribution in [-0.4, -0.2) is 23.9 Å². The van der Waals surface area contributed by atoms with Crippen LogP contribution in [-0.2, 0) is 11.2 Å². The number of rotatable bonds is 4. The molecule has 1 aromatic rings. The number of halogens is 2. The third kappa shape index (κ3) is 3.16. The van der Waals surface area contributed by atoms with Gasteiger partial charge in [0, 0.05) is 24.1 Å². The highest BCUT2D eigenvalue weighted by molar-refractivity contribution is 5.85. The van der Waals surface area contributed by atoms with E-state index in [9.17, 15) is 13.6 Å². The van der Waals surface area contributed by atoms with E-state index in [1.807, 2.05) is 11.8 Å². The zero-order chi connectivity index (χ0) is 15.7. The topological polar surface area (TPSA) is 20.3 Å². The number of piperidine rings is 1. The van der Waals surface area contributed by atoms with E-state index in [0.717, 1.165) is 45.2 Å². The second-order valence-electron chi connectivity index (χ2n) is 7.06. The van der Waals surface area contributed by atoms with E-state index in [1.54, 1.807) is 0 Å². The number of carbonyl (C=O) groups is 1. The van der Waals surface area contributed by atoms with Crippen LogP contribution in [0.4, 0.5) is 8.78 Å². The molecule has 120 valence electrons. The Morgan fingerprint density at radius 3 is 2.64 bits per heavy atom. The molecule has 0 unspecified atom stereocenters. The number of benzene rings is 1. The van der Waals surface area contributed by atoms with Gasteiger partial charge in [-0.05, 0) is 56.6 Å². The first-order valence-electron chi connectivity index (χ1n) is 8.22. The summed E-state index contributed by atoms with van der Waals surface area (Å²) >= 11 is 0. The largest absolute Gasteiger partial charge is 0.342 e. The Balaban J connectivity index is 1.58. The van der Waals surface area contributed by atoms with Gasteiger partial charge in [0.1, 0.15) is 11.6 Å². The van der Waals surface area contributed by atoms with Gasteiger partial charge in [-0.3, -0.25) is 4.79 Å². The maximum Gasteiger partial charge on any atom is 0.228 e. The Kier molecular flexibility index (Phi) is 4.20. The second-order valence-corrected chi connectivity index (χ2v) is 7.06. The molecule has 1 amide bonds. The van der Waals surface area contributed by atoms with E-state index in [2.05, 4.69) is 0 Å². The van der Waals surface area contributed by atoms with E-state index in [4.69, 9.17) is 0 Å². The molecule has 1 aliphatic heterocycles. The SMILES string of the molecule is CC1(C(=O)N2CCC[C@@H](CCc3c(F)cccc3F)C2)CC1. The molecule has 1 aliphatic carbocycles. The van der Waals surface area contributed by atoms with Crippen LogP contribution < -0.4 is 0 Å². The van der Waals surface area contributed by atoms with Crippen LogP contribution in [0.2, 0.25) is 0 Å². The lowest BCUT2D eigenvalue weighted by molar-refractivity contribution is -0.138. The van der Waals surface area contributed by atoms with Crippen molar-refractivity contribution in [3.05, 3.63) is 35.4 Å². The zero-order valence-corrected chi connectivity index (χ0v) is 13.1. The van der Waals surface area contributed by atoms with Crippen molar-refractivity contribution >= 4 is 5.91 Å². The van der Waals surface area contributed by atoms with Crippen LogP contribution in [0.3, 0.4) is 0 Å². The molecule has 2 aliphatic rings. The van der Waals surface area contributed by atoms with Crippen molar-refractivity contribution in [1.82, 2.24) is 4.90 Å². The van der Waals surface area contributed by atoms with Gasteiger partial charge in [-0.1, -0.05) is 13.0 Å². The summed E-state index contributed by atoms with van der Waals surface area (Å²) in [7, 11) is 0. The smallest absolute Gasteiger partial charge is 0.228 e. The lowest BCUT2D eigenvalue weighted by Crippen LogP contribution is -2.43. The van der Waals surface area contributed by atoms with Crippen molar-refractivity contribution in [2.45, 2.75) is 45.4 Å². The van der Waals surface area contributed by atoms with Gasteiger partial charge in [-0.2, -0.15) is 0 Å². The highest BCUT2D eigenvalue weighted by Gasteiger charge is 2.47. The van der Waals surface area contributed by atoms with Crippen molar-refractivity contribution in [2.24, 2.45) is 11.3 Å². The van der Waals surface area contributed by atoms with Gasteiger partial charge >= 0.3 is 0 Å². The van der Waals surface area contributed by atoms with E-state index in [0.29, 0.717) is 12.3 Å². The summed E-state index contributed by atoms with van der Waals surface area (Å²) in [5.41, 5.74) is 0.0552. The molecule has 22 heavy (non-hydrogen) atoms. The first kappa shape index (κ1) is 15.4. The van der Waals surface area contributed by atoms with Crippen molar-refractivity contribution in [3.8, 4) is 0 Å². The fourth-order valence-corrected chi connectivity index (χ4v) is 3.39. The molecule has 0 aromatic heterocycles. The highest BCUT2D eigenvalue weighted by Crippen LogP contribution is 2.47. The number of nitrogens with zero attached hydrogens (tertiary/aromatic N) is 1. The first-order valence-corrected chi connectivity index (χ1v) is 8.22. The molecular formula is C18H23F2NO. The van der Waals surface area contributed by atoms with Gasteiger partial charge in [0.2, 0.25) is 5.91 Å². The van der Waals surface area contributed by atoms with Crippen molar-refractivity contribution in [1.29, 1.82) is 0 Å². The molecule has 1 aromatic carbocycles. The molecular weight excluding hydrogens is 284 g/mol. The van der Waals surface area contributed by atoms with Crippen LogP contribution >= 0.6 is 0 Å². The van der Waals surface area contributed by atoms with E-state index < -0.39 is 11.6 Å². The summed E-state index contributed by atoms with van der Waals surface area (Å²) in [5.74, 6) is -0.309. The van der Waals surface area contributed by atoms with Gasteiger partial charge < -0.3 is 4.90 Å². The molecule has 0 bridgehead atoms. The number of carbonyl (C=O) groups excluding carboxylic acids is 1. The minimum absolute atomic E-state index is 0.125. The summed E-state index contributed by atoms with van der Waals surface area (Å²) in [6.07, 6.45) is 5.16. The van der Waals surface area contributed by atoms with Crippen LogP contribution in [0.15, 0.2) is 18.2 Å². The van der Waals surface area contributed by atoms with Crippen LogP contribution in [0.5, 0.6) is 0 Å². The molecule has 0 radical (unpaired) electrons. The minimum atomic E-state index is -0.464. The summed E-state index contributed by atoms with van der Waals surface area (Å²) < 4.78 is 27.3. The average molecular weight is 307 g/mol. The third-order valence-corrected chi connectivity index (χ3v) is 5.19. The Morgan fingerprint density at radius 1 is 1.32 bits per heavy atom.